The Bertz CT molecular complexity index is 761. The normalized spacial score (nSPS) is 16.0. The first-order chi connectivity index (χ1) is 11.1. The van der Waals surface area contributed by atoms with Crippen LogP contribution in [-0.4, -0.2) is 28.9 Å². The number of fused-ring (bicyclic) bond motifs is 1. The highest BCUT2D eigenvalue weighted by molar-refractivity contribution is 5.97. The third-order valence-electron chi connectivity index (χ3n) is 3.38. The predicted molar refractivity (Wildman–Crippen MR) is 79.2 cm³/mol. The minimum atomic E-state index is -0.985. The number of esters is 1. The van der Waals surface area contributed by atoms with Crippen molar-refractivity contribution < 1.29 is 19.1 Å². The number of pyridine rings is 1. The predicted octanol–water partition coefficient (Wildman–Crippen LogP) is 0.624. The highest BCUT2D eigenvalue weighted by Crippen LogP contribution is 2.20. The summed E-state index contributed by atoms with van der Waals surface area (Å²) in [5, 5.41) is 0. The summed E-state index contributed by atoms with van der Waals surface area (Å²) in [6.45, 7) is 0. The number of nitrogens with zero attached hydrogens (tertiary/aromatic N) is 1. The zero-order valence-electron chi connectivity index (χ0n) is 12.0. The summed E-state index contributed by atoms with van der Waals surface area (Å²) in [7, 11) is 0. The van der Waals surface area contributed by atoms with Crippen LogP contribution in [0.3, 0.4) is 0 Å². The number of nitrogens with one attached hydrogen (secondary N) is 2. The van der Waals surface area contributed by atoms with E-state index in [0.29, 0.717) is 5.56 Å². The number of amides is 2. The van der Waals surface area contributed by atoms with Crippen molar-refractivity contribution in [2.24, 2.45) is 0 Å². The van der Waals surface area contributed by atoms with Gasteiger partial charge in [-0.1, -0.05) is 24.3 Å². The third-order valence-corrected chi connectivity index (χ3v) is 3.38. The lowest BCUT2D eigenvalue weighted by molar-refractivity contribution is -0.131. The molecule has 1 aliphatic rings. The number of hydrogen-bond donors (Lipinski definition) is 2. The van der Waals surface area contributed by atoms with Gasteiger partial charge in [0, 0.05) is 12.6 Å². The number of rotatable bonds is 2. The molecule has 1 atom stereocenters. The van der Waals surface area contributed by atoms with Crippen molar-refractivity contribution in [1.82, 2.24) is 15.8 Å². The Balaban J connectivity index is 1.62. The van der Waals surface area contributed by atoms with Crippen LogP contribution in [0.15, 0.2) is 48.7 Å². The van der Waals surface area contributed by atoms with Gasteiger partial charge < -0.3 is 4.74 Å². The highest BCUT2D eigenvalue weighted by Gasteiger charge is 2.31. The molecule has 2 N–H and O–H groups in total. The van der Waals surface area contributed by atoms with Gasteiger partial charge in [-0.3, -0.25) is 25.4 Å². The van der Waals surface area contributed by atoms with Crippen LogP contribution in [0.1, 0.15) is 26.4 Å². The van der Waals surface area contributed by atoms with Crippen LogP contribution in [0.25, 0.3) is 0 Å². The van der Waals surface area contributed by atoms with Crippen LogP contribution in [-0.2, 0) is 16.0 Å². The van der Waals surface area contributed by atoms with Gasteiger partial charge in [0.1, 0.15) is 5.69 Å². The van der Waals surface area contributed by atoms with Gasteiger partial charge >= 0.3 is 5.97 Å². The number of ether oxygens (including phenoxy) is 1. The summed E-state index contributed by atoms with van der Waals surface area (Å²) < 4.78 is 5.09. The van der Waals surface area contributed by atoms with Crippen LogP contribution in [0.4, 0.5) is 0 Å². The molecular weight excluding hydrogens is 298 g/mol. The minimum absolute atomic E-state index is 0.166. The lowest BCUT2D eigenvalue weighted by atomic mass is 9.98. The van der Waals surface area contributed by atoms with Gasteiger partial charge in [-0.2, -0.15) is 0 Å². The van der Waals surface area contributed by atoms with Gasteiger partial charge in [-0.05, 0) is 23.8 Å². The lowest BCUT2D eigenvalue weighted by Gasteiger charge is -2.23. The molecule has 0 saturated heterocycles. The summed E-state index contributed by atoms with van der Waals surface area (Å²) in [6, 6.07) is 11.8. The molecule has 1 aromatic heterocycles. The van der Waals surface area contributed by atoms with Gasteiger partial charge in [-0.15, -0.1) is 0 Å². The smallest absolute Gasteiger partial charge is 0.339 e. The molecule has 0 saturated carbocycles. The maximum Gasteiger partial charge on any atom is 0.339 e. The molecule has 7 heteroatoms. The molecule has 0 fully saturated rings. The fraction of sp³-hybridized carbons (Fsp3) is 0.125. The van der Waals surface area contributed by atoms with Crippen molar-refractivity contribution in [2.45, 2.75) is 12.5 Å². The largest absolute Gasteiger partial charge is 0.448 e. The fourth-order valence-electron chi connectivity index (χ4n) is 2.24. The zero-order chi connectivity index (χ0) is 16.2. The number of carbonyl (C=O) groups is 3. The summed E-state index contributed by atoms with van der Waals surface area (Å²) >= 11 is 0. The number of hydrogen-bond acceptors (Lipinski definition) is 5. The minimum Gasteiger partial charge on any atom is -0.448 e. The van der Waals surface area contributed by atoms with Gasteiger partial charge in [0.15, 0.2) is 6.10 Å². The second-order valence-corrected chi connectivity index (χ2v) is 4.91. The van der Waals surface area contributed by atoms with E-state index in [1.54, 1.807) is 36.4 Å². The molecule has 1 unspecified atom stereocenters. The van der Waals surface area contributed by atoms with Crippen molar-refractivity contribution in [3.63, 3.8) is 0 Å². The Morgan fingerprint density at radius 3 is 2.65 bits per heavy atom. The molecule has 0 radical (unpaired) electrons. The Hall–Kier alpha value is -3.22. The molecule has 23 heavy (non-hydrogen) atoms. The van der Waals surface area contributed by atoms with E-state index in [-0.39, 0.29) is 12.1 Å². The summed E-state index contributed by atoms with van der Waals surface area (Å²) in [5.41, 5.74) is 5.84. The number of benzene rings is 1. The quantitative estimate of drug-likeness (QED) is 0.626. The number of cyclic esters (lactones) is 1. The van der Waals surface area contributed by atoms with Crippen molar-refractivity contribution in [2.75, 3.05) is 0 Å². The van der Waals surface area contributed by atoms with E-state index in [1.165, 1.54) is 12.3 Å². The fourth-order valence-corrected chi connectivity index (χ4v) is 2.24. The van der Waals surface area contributed by atoms with Crippen molar-refractivity contribution in [3.05, 3.63) is 65.5 Å². The average Bonchev–Trinajstić information content (AvgIpc) is 2.60. The molecule has 0 bridgehead atoms. The molecule has 0 aliphatic carbocycles. The maximum absolute atomic E-state index is 12.1. The van der Waals surface area contributed by atoms with Crippen molar-refractivity contribution in [3.8, 4) is 0 Å². The Morgan fingerprint density at radius 2 is 1.87 bits per heavy atom. The standard InChI is InChI=1S/C16H13N3O4/c20-14(12-7-3-4-8-17-12)18-19-15(21)13-9-10-5-1-2-6-11(10)16(22)23-13/h1-8,13H,9H2,(H,18,20)(H,19,21). The van der Waals surface area contributed by atoms with Gasteiger partial charge in [0.05, 0.1) is 5.56 Å². The Morgan fingerprint density at radius 1 is 1.09 bits per heavy atom. The monoisotopic (exact) mass is 311 g/mol. The van der Waals surface area contributed by atoms with Crippen LogP contribution >= 0.6 is 0 Å². The van der Waals surface area contributed by atoms with Gasteiger partial charge in [-0.25, -0.2) is 4.79 Å². The zero-order valence-corrected chi connectivity index (χ0v) is 12.0. The van der Waals surface area contributed by atoms with Crippen LogP contribution in [0.2, 0.25) is 0 Å². The van der Waals surface area contributed by atoms with Gasteiger partial charge in [0.2, 0.25) is 0 Å². The summed E-state index contributed by atoms with van der Waals surface area (Å²) in [5.74, 6) is -1.71. The van der Waals surface area contributed by atoms with Crippen LogP contribution in [0, 0.1) is 0 Å². The van der Waals surface area contributed by atoms with E-state index in [0.717, 1.165) is 5.56 Å². The molecule has 3 rings (SSSR count). The molecular formula is C16H13N3O4. The van der Waals surface area contributed by atoms with Crippen molar-refractivity contribution >= 4 is 17.8 Å². The molecule has 2 aromatic rings. The first-order valence-electron chi connectivity index (χ1n) is 6.95. The molecule has 7 nitrogen and oxygen atoms in total. The maximum atomic E-state index is 12.1. The van der Waals surface area contributed by atoms with E-state index in [1.807, 2.05) is 0 Å². The molecule has 1 aromatic carbocycles. The average molecular weight is 311 g/mol. The van der Waals surface area contributed by atoms with E-state index >= 15 is 0 Å². The van der Waals surface area contributed by atoms with E-state index in [9.17, 15) is 14.4 Å². The number of aromatic nitrogens is 1. The Labute approximate surface area is 131 Å². The summed E-state index contributed by atoms with van der Waals surface area (Å²) in [4.78, 5) is 39.6. The summed E-state index contributed by atoms with van der Waals surface area (Å²) in [6.07, 6.45) is 0.741. The topological polar surface area (TPSA) is 97.4 Å². The van der Waals surface area contributed by atoms with E-state index < -0.39 is 23.9 Å². The van der Waals surface area contributed by atoms with Gasteiger partial charge in [0.25, 0.3) is 11.8 Å². The first kappa shape index (κ1) is 14.7. The molecule has 0 spiro atoms. The third kappa shape index (κ3) is 3.18. The van der Waals surface area contributed by atoms with Crippen molar-refractivity contribution in [1.29, 1.82) is 0 Å². The Kier molecular flexibility index (Phi) is 4.01. The second kappa shape index (κ2) is 6.27. The second-order valence-electron chi connectivity index (χ2n) is 4.91. The first-order valence-corrected chi connectivity index (χ1v) is 6.95. The van der Waals surface area contributed by atoms with Crippen LogP contribution < -0.4 is 10.9 Å². The highest BCUT2D eigenvalue weighted by atomic mass is 16.5. The van der Waals surface area contributed by atoms with E-state index in [4.69, 9.17) is 4.74 Å². The number of carbonyl (C=O) groups excluding carboxylic acids is 3. The van der Waals surface area contributed by atoms with E-state index in [2.05, 4.69) is 15.8 Å². The molecule has 1 aliphatic heterocycles. The van der Waals surface area contributed by atoms with Crippen LogP contribution in [0.5, 0.6) is 0 Å². The molecule has 2 heterocycles. The lowest BCUT2D eigenvalue weighted by Crippen LogP contribution is -2.49. The SMILES string of the molecule is O=C(NNC(=O)C1Cc2ccccc2C(=O)O1)c1ccccn1. The molecule has 116 valence electrons. The molecule has 2 amide bonds. The number of hydrazine groups is 1.